The topological polar surface area (TPSA) is 80.3 Å². The molecule has 5 heteroatoms. The molecule has 0 N–H and O–H groups in total. The summed E-state index contributed by atoms with van der Waals surface area (Å²) in [5, 5.41) is 20.5. The largest absolute Gasteiger partial charge is 0.544 e. The Hall–Kier alpha value is -1.10. The van der Waals surface area contributed by atoms with E-state index >= 15 is 0 Å². The molecule has 0 bridgehead atoms. The molecule has 64 valence electrons. The predicted molar refractivity (Wildman–Crippen MR) is 31.8 cm³/mol. The minimum Gasteiger partial charge on any atom is -0.544 e. The molecule has 5 nitrogen and oxygen atoms in total. The normalized spacial score (nSPS) is 11.6. The van der Waals surface area contributed by atoms with Crippen LogP contribution in [0.15, 0.2) is 0 Å². The number of nitrogens with zero attached hydrogens (tertiary/aromatic N) is 1. The summed E-state index contributed by atoms with van der Waals surface area (Å²) >= 11 is 0. The Kier molecular flexibility index (Phi) is 2.59. The summed E-state index contributed by atoms with van der Waals surface area (Å²) < 4.78 is -0.245. The standard InChI is InChI=1S/C6H11NO4/c1-7(2,3)4(5(8)9)6(10)11/h4H,1-3H3,(H-,8,9,10,11)/p-1. The zero-order chi connectivity index (χ0) is 9.23. The average molecular weight is 160 g/mol. The fourth-order valence-corrected chi connectivity index (χ4v) is 0.729. The second-order valence-electron chi connectivity index (χ2n) is 3.16. The highest BCUT2D eigenvalue weighted by Crippen LogP contribution is 1.99. The van der Waals surface area contributed by atoms with Crippen molar-refractivity contribution < 1.29 is 24.3 Å². The maximum absolute atomic E-state index is 10.2. The number of carboxylic acid groups (broad SMARTS) is 2. The van der Waals surface area contributed by atoms with Gasteiger partial charge in [-0.25, -0.2) is 0 Å². The molecule has 0 spiro atoms. The first-order chi connectivity index (χ1) is 4.76. The van der Waals surface area contributed by atoms with Gasteiger partial charge in [0, 0.05) is 0 Å². The van der Waals surface area contributed by atoms with Crippen molar-refractivity contribution in [3.63, 3.8) is 0 Å². The quantitative estimate of drug-likeness (QED) is 0.318. The third-order valence-electron chi connectivity index (χ3n) is 1.22. The van der Waals surface area contributed by atoms with Crippen LogP contribution in [0.5, 0.6) is 0 Å². The van der Waals surface area contributed by atoms with Crippen LogP contribution in [0.3, 0.4) is 0 Å². The summed E-state index contributed by atoms with van der Waals surface area (Å²) in [7, 11) is 4.32. The highest BCUT2D eigenvalue weighted by Gasteiger charge is 2.26. The number of hydrogen-bond acceptors (Lipinski definition) is 4. The van der Waals surface area contributed by atoms with E-state index in [0.29, 0.717) is 0 Å². The van der Waals surface area contributed by atoms with Gasteiger partial charge in [-0.15, -0.1) is 0 Å². The molecule has 0 aliphatic carbocycles. The molecule has 0 aliphatic heterocycles. The van der Waals surface area contributed by atoms with Gasteiger partial charge in [-0.05, 0) is 0 Å². The van der Waals surface area contributed by atoms with Gasteiger partial charge in [-0.1, -0.05) is 0 Å². The first kappa shape index (κ1) is 9.90. The molecule has 0 heterocycles. The molecule has 0 aromatic heterocycles. The van der Waals surface area contributed by atoms with Crippen LogP contribution < -0.4 is 10.2 Å². The molecule has 0 atom stereocenters. The van der Waals surface area contributed by atoms with Crippen LogP contribution in [0.4, 0.5) is 0 Å². The van der Waals surface area contributed by atoms with Crippen LogP contribution in [0.2, 0.25) is 0 Å². The van der Waals surface area contributed by atoms with Gasteiger partial charge in [-0.2, -0.15) is 0 Å². The van der Waals surface area contributed by atoms with Crippen molar-refractivity contribution in [2.75, 3.05) is 21.1 Å². The second-order valence-corrected chi connectivity index (χ2v) is 3.16. The summed E-state index contributed by atoms with van der Waals surface area (Å²) in [4.78, 5) is 20.5. The van der Waals surface area contributed by atoms with Crippen molar-refractivity contribution >= 4 is 11.9 Å². The lowest BCUT2D eigenvalue weighted by molar-refractivity contribution is -0.883. The molecule has 0 rings (SSSR count). The number of quaternary nitrogens is 1. The van der Waals surface area contributed by atoms with E-state index < -0.39 is 18.0 Å². The number of carbonyl (C=O) groups is 2. The second kappa shape index (κ2) is 2.87. The van der Waals surface area contributed by atoms with Crippen LogP contribution in [0.25, 0.3) is 0 Å². The van der Waals surface area contributed by atoms with Gasteiger partial charge in [0.2, 0.25) is 0 Å². The number of aliphatic carboxylic acids is 2. The highest BCUT2D eigenvalue weighted by atomic mass is 16.4. The van der Waals surface area contributed by atoms with Crippen molar-refractivity contribution in [3.8, 4) is 0 Å². The van der Waals surface area contributed by atoms with E-state index in [1.165, 1.54) is 21.1 Å². The minimum absolute atomic E-state index is 0.245. The van der Waals surface area contributed by atoms with Crippen molar-refractivity contribution in [2.45, 2.75) is 6.04 Å². The smallest absolute Gasteiger partial charge is 0.169 e. The van der Waals surface area contributed by atoms with E-state index in [-0.39, 0.29) is 4.48 Å². The van der Waals surface area contributed by atoms with Gasteiger partial charge < -0.3 is 24.3 Å². The van der Waals surface area contributed by atoms with E-state index in [2.05, 4.69) is 0 Å². The molecular weight excluding hydrogens is 150 g/mol. The molecule has 0 aromatic carbocycles. The molecule has 0 saturated heterocycles. The first-order valence-electron chi connectivity index (χ1n) is 2.99. The van der Waals surface area contributed by atoms with Crippen LogP contribution in [0, 0.1) is 0 Å². The van der Waals surface area contributed by atoms with Gasteiger partial charge in [0.15, 0.2) is 6.04 Å². The lowest BCUT2D eigenvalue weighted by Crippen LogP contribution is -2.62. The molecule has 0 unspecified atom stereocenters. The zero-order valence-corrected chi connectivity index (χ0v) is 6.66. The van der Waals surface area contributed by atoms with Crippen LogP contribution in [-0.2, 0) is 9.59 Å². The summed E-state index contributed by atoms with van der Waals surface area (Å²) in [6, 6.07) is -1.62. The molecule has 11 heavy (non-hydrogen) atoms. The molecular formula is C6H10NO4-. The fourth-order valence-electron chi connectivity index (χ4n) is 0.729. The van der Waals surface area contributed by atoms with E-state index in [1.807, 2.05) is 0 Å². The maximum Gasteiger partial charge on any atom is 0.169 e. The SMILES string of the molecule is C[N+](C)(C)C(C(=O)[O-])C(=O)[O-]. The number of carboxylic acids is 2. The predicted octanol–water partition coefficient (Wildman–Crippen LogP) is -3.44. The molecule has 0 aromatic rings. The van der Waals surface area contributed by atoms with E-state index in [0.717, 1.165) is 0 Å². The molecule has 0 radical (unpaired) electrons. The number of hydrogen-bond donors (Lipinski definition) is 0. The van der Waals surface area contributed by atoms with Crippen LogP contribution >= 0.6 is 0 Å². The van der Waals surface area contributed by atoms with Gasteiger partial charge in [-0.3, -0.25) is 0 Å². The Morgan fingerprint density at radius 3 is 1.36 bits per heavy atom. The summed E-state index contributed by atoms with van der Waals surface area (Å²) in [6.07, 6.45) is 0. The van der Waals surface area contributed by atoms with E-state index in [4.69, 9.17) is 0 Å². The van der Waals surface area contributed by atoms with Crippen molar-refractivity contribution in [3.05, 3.63) is 0 Å². The zero-order valence-electron chi connectivity index (χ0n) is 6.66. The Bertz CT molecular complexity index is 168. The average Bonchev–Trinajstić information content (AvgIpc) is 1.54. The monoisotopic (exact) mass is 160 g/mol. The Labute approximate surface area is 64.4 Å². The Morgan fingerprint density at radius 2 is 1.36 bits per heavy atom. The third kappa shape index (κ3) is 2.55. The highest BCUT2D eigenvalue weighted by molar-refractivity contribution is 5.93. The Morgan fingerprint density at radius 1 is 1.09 bits per heavy atom. The molecule has 0 aliphatic rings. The molecule has 0 fully saturated rings. The number of rotatable bonds is 3. The summed E-state index contributed by atoms with van der Waals surface area (Å²) in [6.45, 7) is 0. The van der Waals surface area contributed by atoms with Crippen LogP contribution in [-0.4, -0.2) is 43.6 Å². The van der Waals surface area contributed by atoms with Gasteiger partial charge in [0.1, 0.15) is 11.9 Å². The minimum atomic E-state index is -1.63. The Balaban J connectivity index is 4.63. The number of carbonyl (C=O) groups excluding carboxylic acids is 2. The molecule has 0 saturated carbocycles. The molecule has 0 amide bonds. The van der Waals surface area contributed by atoms with Gasteiger partial charge in [0.05, 0.1) is 21.1 Å². The lowest BCUT2D eigenvalue weighted by Gasteiger charge is -2.34. The summed E-state index contributed by atoms with van der Waals surface area (Å²) in [5.41, 5.74) is 0. The van der Waals surface area contributed by atoms with E-state index in [1.54, 1.807) is 0 Å². The van der Waals surface area contributed by atoms with Crippen molar-refractivity contribution in [1.29, 1.82) is 0 Å². The van der Waals surface area contributed by atoms with Crippen molar-refractivity contribution in [2.24, 2.45) is 0 Å². The maximum atomic E-state index is 10.2. The van der Waals surface area contributed by atoms with Crippen molar-refractivity contribution in [1.82, 2.24) is 0 Å². The first-order valence-corrected chi connectivity index (χ1v) is 2.99. The lowest BCUT2D eigenvalue weighted by atomic mass is 10.2. The van der Waals surface area contributed by atoms with Gasteiger partial charge in [0.25, 0.3) is 0 Å². The van der Waals surface area contributed by atoms with Gasteiger partial charge >= 0.3 is 0 Å². The van der Waals surface area contributed by atoms with Crippen LogP contribution in [0.1, 0.15) is 0 Å². The third-order valence-corrected chi connectivity index (χ3v) is 1.22. The fraction of sp³-hybridized carbons (Fsp3) is 0.667. The number of likely N-dealkylation sites (N-methyl/N-ethyl adjacent to an activating group) is 1. The summed E-state index contributed by atoms with van der Waals surface area (Å²) in [5.74, 6) is -3.25. The van der Waals surface area contributed by atoms with E-state index in [9.17, 15) is 19.8 Å².